The number of imidazole rings is 1. The summed E-state index contributed by atoms with van der Waals surface area (Å²) in [5.41, 5.74) is 2.56. The van der Waals surface area contributed by atoms with Gasteiger partial charge in [0.15, 0.2) is 11.3 Å². The van der Waals surface area contributed by atoms with Crippen LogP contribution in [0.25, 0.3) is 5.65 Å². The lowest BCUT2D eigenvalue weighted by molar-refractivity contribution is 0.0467. The minimum Gasteiger partial charge on any atom is -0.456 e. The molecule has 0 spiro atoms. The maximum Gasteiger partial charge on any atom is 0.361 e. The average molecular weight is 389 g/mol. The van der Waals surface area contributed by atoms with E-state index in [-0.39, 0.29) is 17.7 Å². The third kappa shape index (κ3) is 3.31. The Morgan fingerprint density at radius 2 is 2.04 bits per heavy atom. The minimum absolute atomic E-state index is 0.0116. The van der Waals surface area contributed by atoms with E-state index in [0.29, 0.717) is 5.65 Å². The summed E-state index contributed by atoms with van der Waals surface area (Å²) in [5, 5.41) is 0. The second-order valence-corrected chi connectivity index (χ2v) is 7.27. The van der Waals surface area contributed by atoms with Crippen LogP contribution in [0.2, 0.25) is 0 Å². The van der Waals surface area contributed by atoms with Crippen LogP contribution >= 0.6 is 15.9 Å². The molecule has 0 aliphatic rings. The van der Waals surface area contributed by atoms with Crippen LogP contribution in [0.15, 0.2) is 41.7 Å². The second-order valence-electron chi connectivity index (χ2n) is 6.46. The van der Waals surface area contributed by atoms with Crippen molar-refractivity contribution in [3.05, 3.63) is 58.5 Å². The number of aromatic nitrogens is 4. The maximum atomic E-state index is 12.3. The zero-order valence-electron chi connectivity index (χ0n) is 13.7. The fourth-order valence-corrected chi connectivity index (χ4v) is 2.62. The van der Waals surface area contributed by atoms with E-state index < -0.39 is 5.97 Å². The van der Waals surface area contributed by atoms with Gasteiger partial charge in [-0.1, -0.05) is 20.8 Å². The molecule has 0 bridgehead atoms. The summed E-state index contributed by atoms with van der Waals surface area (Å²) < 4.78 is 7.86. The summed E-state index contributed by atoms with van der Waals surface area (Å²) >= 11 is 3.36. The molecule has 3 heterocycles. The number of esters is 1. The summed E-state index contributed by atoms with van der Waals surface area (Å²) in [6, 6.07) is 2.00. The smallest absolute Gasteiger partial charge is 0.361 e. The van der Waals surface area contributed by atoms with Crippen molar-refractivity contribution in [3.63, 3.8) is 0 Å². The third-order valence-electron chi connectivity index (χ3n) is 3.61. The van der Waals surface area contributed by atoms with Crippen molar-refractivity contribution < 1.29 is 9.53 Å². The topological polar surface area (TPSA) is 69.4 Å². The highest BCUT2D eigenvalue weighted by Gasteiger charge is 2.18. The van der Waals surface area contributed by atoms with Gasteiger partial charge in [-0.25, -0.2) is 14.8 Å². The molecule has 0 unspecified atom stereocenters. The lowest BCUT2D eigenvalue weighted by Crippen LogP contribution is -2.13. The number of nitrogens with zero attached hydrogens (tertiary/aromatic N) is 4. The Kier molecular flexibility index (Phi) is 4.36. The van der Waals surface area contributed by atoms with E-state index in [9.17, 15) is 4.79 Å². The fraction of sp³-hybridized carbons (Fsp3) is 0.294. The van der Waals surface area contributed by atoms with Gasteiger partial charge in [0.1, 0.15) is 11.2 Å². The van der Waals surface area contributed by atoms with Crippen LogP contribution in [-0.2, 0) is 16.8 Å². The van der Waals surface area contributed by atoms with Crippen molar-refractivity contribution in [1.82, 2.24) is 19.4 Å². The van der Waals surface area contributed by atoms with E-state index in [2.05, 4.69) is 51.7 Å². The lowest BCUT2D eigenvalue weighted by Gasteiger charge is -2.19. The maximum absolute atomic E-state index is 12.3. The van der Waals surface area contributed by atoms with Crippen molar-refractivity contribution in [2.75, 3.05) is 0 Å². The summed E-state index contributed by atoms with van der Waals surface area (Å²) in [5.74, 6) is -0.514. The van der Waals surface area contributed by atoms with E-state index >= 15 is 0 Å². The normalized spacial score (nSPS) is 11.7. The Morgan fingerprint density at radius 3 is 2.79 bits per heavy atom. The highest BCUT2D eigenvalue weighted by Crippen LogP contribution is 2.22. The average Bonchev–Trinajstić information content (AvgIpc) is 2.93. The monoisotopic (exact) mass is 388 g/mol. The van der Waals surface area contributed by atoms with Gasteiger partial charge in [0.2, 0.25) is 0 Å². The number of hydrogen-bond acceptors (Lipinski definition) is 5. The summed E-state index contributed by atoms with van der Waals surface area (Å²) in [6.45, 7) is 6.47. The third-order valence-corrected chi connectivity index (χ3v) is 4.19. The predicted octanol–water partition coefficient (Wildman–Crippen LogP) is 3.54. The number of fused-ring (bicyclic) bond motifs is 1. The van der Waals surface area contributed by atoms with Gasteiger partial charge in [-0.2, -0.15) is 0 Å². The highest BCUT2D eigenvalue weighted by atomic mass is 79.9. The Hall–Kier alpha value is -2.28. The van der Waals surface area contributed by atoms with Crippen LogP contribution in [0.1, 0.15) is 42.4 Å². The molecule has 24 heavy (non-hydrogen) atoms. The van der Waals surface area contributed by atoms with Crippen molar-refractivity contribution in [2.45, 2.75) is 32.8 Å². The number of rotatable bonds is 3. The molecule has 3 aromatic heterocycles. The van der Waals surface area contributed by atoms with Gasteiger partial charge < -0.3 is 4.74 Å². The molecule has 0 saturated carbocycles. The van der Waals surface area contributed by atoms with Crippen LogP contribution in [0.3, 0.4) is 0 Å². The van der Waals surface area contributed by atoms with E-state index in [4.69, 9.17) is 4.74 Å². The van der Waals surface area contributed by atoms with Gasteiger partial charge in [-0.15, -0.1) is 0 Å². The molecule has 6 nitrogen and oxygen atoms in total. The zero-order valence-corrected chi connectivity index (χ0v) is 15.2. The minimum atomic E-state index is -0.514. The van der Waals surface area contributed by atoms with E-state index in [1.54, 1.807) is 23.0 Å². The molecule has 0 radical (unpaired) electrons. The van der Waals surface area contributed by atoms with Gasteiger partial charge in [0, 0.05) is 30.4 Å². The lowest BCUT2D eigenvalue weighted by atomic mass is 9.88. The van der Waals surface area contributed by atoms with Gasteiger partial charge in [-0.3, -0.25) is 9.38 Å². The molecular weight excluding hydrogens is 372 g/mol. The van der Waals surface area contributed by atoms with Crippen molar-refractivity contribution >= 4 is 27.5 Å². The van der Waals surface area contributed by atoms with Gasteiger partial charge in [0.05, 0.1) is 6.20 Å². The van der Waals surface area contributed by atoms with Gasteiger partial charge >= 0.3 is 5.97 Å². The van der Waals surface area contributed by atoms with E-state index in [1.165, 1.54) is 6.20 Å². The second kappa shape index (κ2) is 6.32. The SMILES string of the molecule is CC(C)(C)c1cncc(COC(=O)c2nccn3c(Br)cnc23)c1. The first-order valence-corrected chi connectivity index (χ1v) is 8.24. The number of carbonyl (C=O) groups is 1. The van der Waals surface area contributed by atoms with E-state index in [0.717, 1.165) is 15.7 Å². The molecular formula is C17H17BrN4O2. The Labute approximate surface area is 148 Å². The van der Waals surface area contributed by atoms with E-state index in [1.807, 2.05) is 12.3 Å². The van der Waals surface area contributed by atoms with Crippen molar-refractivity contribution in [2.24, 2.45) is 0 Å². The first-order valence-electron chi connectivity index (χ1n) is 7.45. The van der Waals surface area contributed by atoms with Crippen LogP contribution in [0.4, 0.5) is 0 Å². The van der Waals surface area contributed by atoms with Crippen LogP contribution < -0.4 is 0 Å². The molecule has 124 valence electrons. The number of hydrogen-bond donors (Lipinski definition) is 0. The number of ether oxygens (including phenoxy) is 1. The largest absolute Gasteiger partial charge is 0.456 e. The molecule has 0 N–H and O–H groups in total. The standard InChI is InChI=1S/C17H17BrN4O2/c1-17(2,3)12-6-11(7-19-8-12)10-24-16(23)14-15-21-9-13(18)22(15)5-4-20-14/h4-9H,10H2,1-3H3. The first kappa shape index (κ1) is 16.6. The summed E-state index contributed by atoms with van der Waals surface area (Å²) in [6.07, 6.45) is 8.40. The highest BCUT2D eigenvalue weighted by molar-refractivity contribution is 9.10. The molecule has 3 rings (SSSR count). The Morgan fingerprint density at radius 1 is 1.25 bits per heavy atom. The molecule has 0 fully saturated rings. The zero-order chi connectivity index (χ0) is 17.3. The molecule has 0 amide bonds. The quantitative estimate of drug-likeness (QED) is 0.641. The molecule has 7 heteroatoms. The Balaban J connectivity index is 1.78. The molecule has 0 aliphatic carbocycles. The first-order chi connectivity index (χ1) is 11.4. The van der Waals surface area contributed by atoms with Crippen LogP contribution in [-0.4, -0.2) is 25.3 Å². The number of pyridine rings is 1. The Bertz CT molecular complexity index is 899. The molecule has 0 saturated heterocycles. The van der Waals surface area contributed by atoms with Crippen LogP contribution in [0, 0.1) is 0 Å². The molecule has 0 aromatic carbocycles. The predicted molar refractivity (Wildman–Crippen MR) is 92.7 cm³/mol. The van der Waals surface area contributed by atoms with Gasteiger partial charge in [-0.05, 0) is 33.0 Å². The summed E-state index contributed by atoms with van der Waals surface area (Å²) in [7, 11) is 0. The summed E-state index contributed by atoms with van der Waals surface area (Å²) in [4.78, 5) is 24.9. The molecule has 0 atom stereocenters. The molecule has 3 aromatic rings. The van der Waals surface area contributed by atoms with Crippen molar-refractivity contribution in [1.29, 1.82) is 0 Å². The molecule has 0 aliphatic heterocycles. The van der Waals surface area contributed by atoms with Gasteiger partial charge in [0.25, 0.3) is 0 Å². The number of halogens is 1. The van der Waals surface area contributed by atoms with Crippen molar-refractivity contribution in [3.8, 4) is 0 Å². The van der Waals surface area contributed by atoms with Crippen LogP contribution in [0.5, 0.6) is 0 Å². The fourth-order valence-electron chi connectivity index (χ4n) is 2.23. The number of carbonyl (C=O) groups excluding carboxylic acids is 1.